The molecule has 1 aromatic carbocycles. The van der Waals surface area contributed by atoms with Crippen molar-refractivity contribution in [1.29, 1.82) is 0 Å². The molecule has 0 radical (unpaired) electrons. The molecule has 1 aliphatic rings. The van der Waals surface area contributed by atoms with Crippen molar-refractivity contribution in [2.45, 2.75) is 51.4 Å². The molecule has 0 aromatic heterocycles. The Morgan fingerprint density at radius 2 is 1.85 bits per heavy atom. The average molecular weight is 277 g/mol. The van der Waals surface area contributed by atoms with Gasteiger partial charge in [0.15, 0.2) is 0 Å². The molecule has 1 N–H and O–H groups in total. The van der Waals surface area contributed by atoms with E-state index in [0.717, 1.165) is 32.6 Å². The lowest BCUT2D eigenvalue weighted by Crippen LogP contribution is -2.40. The molecule has 1 aromatic rings. The Bertz CT molecular complexity index is 380. The minimum Gasteiger partial charge on any atom is -0.381 e. The molecule has 20 heavy (non-hydrogen) atoms. The number of rotatable bonds is 5. The Labute approximate surface area is 122 Å². The van der Waals surface area contributed by atoms with Gasteiger partial charge in [0.2, 0.25) is 0 Å². The van der Waals surface area contributed by atoms with Crippen LogP contribution in [0.3, 0.4) is 0 Å². The Kier molecular flexibility index (Phi) is 5.58. The third kappa shape index (κ3) is 5.23. The van der Waals surface area contributed by atoms with Crippen LogP contribution in [0.1, 0.15) is 45.3 Å². The highest BCUT2D eigenvalue weighted by Gasteiger charge is 2.22. The van der Waals surface area contributed by atoms with Crippen molar-refractivity contribution in [2.24, 2.45) is 0 Å². The summed E-state index contributed by atoms with van der Waals surface area (Å²) in [5.41, 5.74) is 1.35. The number of nitrogens with one attached hydrogen (secondary N) is 1. The number of ether oxygens (including phenoxy) is 2. The summed E-state index contributed by atoms with van der Waals surface area (Å²) in [5.74, 6) is 0. The largest absolute Gasteiger partial charge is 0.381 e. The zero-order chi connectivity index (χ0) is 14.4. The van der Waals surface area contributed by atoms with Crippen LogP contribution in [0.25, 0.3) is 0 Å². The van der Waals surface area contributed by atoms with E-state index in [2.05, 4.69) is 50.4 Å². The van der Waals surface area contributed by atoms with Crippen LogP contribution < -0.4 is 5.32 Å². The minimum absolute atomic E-state index is 0.103. The molecule has 1 saturated heterocycles. The summed E-state index contributed by atoms with van der Waals surface area (Å²) in [6, 6.07) is 10.5. The van der Waals surface area contributed by atoms with E-state index in [9.17, 15) is 0 Å². The summed E-state index contributed by atoms with van der Waals surface area (Å²) in [5, 5.41) is 3.55. The lowest BCUT2D eigenvalue weighted by Gasteiger charge is -2.30. The number of hydrogen-bond donors (Lipinski definition) is 1. The lowest BCUT2D eigenvalue weighted by atomic mass is 10.1. The van der Waals surface area contributed by atoms with Gasteiger partial charge >= 0.3 is 0 Å². The van der Waals surface area contributed by atoms with E-state index in [0.29, 0.717) is 6.10 Å². The molecule has 1 unspecified atom stereocenters. The van der Waals surface area contributed by atoms with E-state index in [1.165, 1.54) is 5.56 Å². The first kappa shape index (κ1) is 15.5. The fourth-order valence-corrected chi connectivity index (χ4v) is 2.36. The van der Waals surface area contributed by atoms with Crippen molar-refractivity contribution in [3.05, 3.63) is 35.9 Å². The van der Waals surface area contributed by atoms with Gasteiger partial charge in [0.25, 0.3) is 0 Å². The summed E-state index contributed by atoms with van der Waals surface area (Å²) >= 11 is 0. The molecule has 3 nitrogen and oxygen atoms in total. The van der Waals surface area contributed by atoms with Gasteiger partial charge < -0.3 is 14.8 Å². The molecular weight excluding hydrogens is 250 g/mol. The van der Waals surface area contributed by atoms with Crippen LogP contribution in [-0.4, -0.2) is 31.4 Å². The van der Waals surface area contributed by atoms with Crippen LogP contribution in [0.15, 0.2) is 30.3 Å². The molecule has 1 aliphatic heterocycles. The summed E-state index contributed by atoms with van der Waals surface area (Å²) in [6.07, 6.45) is 2.42. The van der Waals surface area contributed by atoms with E-state index in [4.69, 9.17) is 9.47 Å². The second-order valence-corrected chi connectivity index (χ2v) is 6.48. The monoisotopic (exact) mass is 277 g/mol. The standard InChI is InChI=1S/C17H27NO2/c1-17(2,3)18-13-16(14-7-5-4-6-8-14)20-15-9-11-19-12-10-15/h4-8,15-16,18H,9-13H2,1-3H3. The molecule has 0 spiro atoms. The summed E-state index contributed by atoms with van der Waals surface area (Å²) < 4.78 is 11.7. The Morgan fingerprint density at radius 1 is 1.20 bits per heavy atom. The maximum absolute atomic E-state index is 6.33. The van der Waals surface area contributed by atoms with E-state index >= 15 is 0 Å². The van der Waals surface area contributed by atoms with Gasteiger partial charge in [-0.2, -0.15) is 0 Å². The molecular formula is C17H27NO2. The van der Waals surface area contributed by atoms with Gasteiger partial charge in [0.05, 0.1) is 12.2 Å². The van der Waals surface area contributed by atoms with Gasteiger partial charge in [-0.25, -0.2) is 0 Å². The van der Waals surface area contributed by atoms with Crippen LogP contribution in [-0.2, 0) is 9.47 Å². The van der Waals surface area contributed by atoms with Gasteiger partial charge in [0.1, 0.15) is 0 Å². The normalized spacial score (nSPS) is 18.9. The van der Waals surface area contributed by atoms with Crippen molar-refractivity contribution >= 4 is 0 Å². The Morgan fingerprint density at radius 3 is 2.45 bits per heavy atom. The fraction of sp³-hybridized carbons (Fsp3) is 0.647. The third-order valence-corrected chi connectivity index (χ3v) is 3.51. The topological polar surface area (TPSA) is 30.5 Å². The first-order valence-corrected chi connectivity index (χ1v) is 7.58. The van der Waals surface area contributed by atoms with Crippen molar-refractivity contribution in [2.75, 3.05) is 19.8 Å². The maximum Gasteiger partial charge on any atom is 0.0953 e. The molecule has 1 heterocycles. The minimum atomic E-state index is 0.103. The van der Waals surface area contributed by atoms with Crippen molar-refractivity contribution in [3.8, 4) is 0 Å². The molecule has 0 bridgehead atoms. The quantitative estimate of drug-likeness (QED) is 0.895. The predicted molar refractivity (Wildman–Crippen MR) is 81.9 cm³/mol. The summed E-state index contributed by atoms with van der Waals surface area (Å²) in [6.45, 7) is 9.03. The van der Waals surface area contributed by atoms with Gasteiger partial charge in [-0.1, -0.05) is 30.3 Å². The van der Waals surface area contributed by atoms with Gasteiger partial charge in [-0.15, -0.1) is 0 Å². The first-order chi connectivity index (χ1) is 9.54. The van der Waals surface area contributed by atoms with E-state index < -0.39 is 0 Å². The van der Waals surface area contributed by atoms with Gasteiger partial charge in [-0.05, 0) is 39.2 Å². The number of benzene rings is 1. The fourth-order valence-electron chi connectivity index (χ4n) is 2.36. The van der Waals surface area contributed by atoms with Crippen molar-refractivity contribution < 1.29 is 9.47 Å². The third-order valence-electron chi connectivity index (χ3n) is 3.51. The first-order valence-electron chi connectivity index (χ1n) is 7.58. The molecule has 112 valence electrons. The molecule has 3 heteroatoms. The lowest BCUT2D eigenvalue weighted by molar-refractivity contribution is -0.0702. The molecule has 0 saturated carbocycles. The smallest absolute Gasteiger partial charge is 0.0953 e. The van der Waals surface area contributed by atoms with Gasteiger partial charge in [0, 0.05) is 25.3 Å². The van der Waals surface area contributed by atoms with Gasteiger partial charge in [-0.3, -0.25) is 0 Å². The Balaban J connectivity index is 1.99. The molecule has 0 amide bonds. The van der Waals surface area contributed by atoms with Crippen LogP contribution in [0, 0.1) is 0 Å². The highest BCUT2D eigenvalue weighted by Crippen LogP contribution is 2.23. The zero-order valence-corrected chi connectivity index (χ0v) is 12.9. The molecule has 1 fully saturated rings. The molecule has 0 aliphatic carbocycles. The second kappa shape index (κ2) is 7.21. The van der Waals surface area contributed by atoms with E-state index in [1.54, 1.807) is 0 Å². The van der Waals surface area contributed by atoms with Crippen LogP contribution in [0.5, 0.6) is 0 Å². The predicted octanol–water partition coefficient (Wildman–Crippen LogP) is 3.31. The molecule has 1 atom stereocenters. The zero-order valence-electron chi connectivity index (χ0n) is 12.9. The van der Waals surface area contributed by atoms with Crippen LogP contribution in [0.4, 0.5) is 0 Å². The van der Waals surface area contributed by atoms with Crippen LogP contribution in [0.2, 0.25) is 0 Å². The maximum atomic E-state index is 6.33. The second-order valence-electron chi connectivity index (χ2n) is 6.48. The number of hydrogen-bond acceptors (Lipinski definition) is 3. The van der Waals surface area contributed by atoms with E-state index in [1.807, 2.05) is 6.07 Å². The average Bonchev–Trinajstić information content (AvgIpc) is 2.44. The Hall–Kier alpha value is -0.900. The summed E-state index contributed by atoms with van der Waals surface area (Å²) in [4.78, 5) is 0. The highest BCUT2D eigenvalue weighted by molar-refractivity contribution is 5.18. The van der Waals surface area contributed by atoms with Crippen molar-refractivity contribution in [1.82, 2.24) is 5.32 Å². The highest BCUT2D eigenvalue weighted by atomic mass is 16.5. The molecule has 2 rings (SSSR count). The van der Waals surface area contributed by atoms with Crippen LogP contribution >= 0.6 is 0 Å². The summed E-state index contributed by atoms with van der Waals surface area (Å²) in [7, 11) is 0. The van der Waals surface area contributed by atoms with Crippen molar-refractivity contribution in [3.63, 3.8) is 0 Å². The van der Waals surface area contributed by atoms with E-state index in [-0.39, 0.29) is 11.6 Å². The SMILES string of the molecule is CC(C)(C)NCC(OC1CCOCC1)c1ccccc1.